The number of nitrogens with one attached hydrogen (secondary N) is 1. The molecule has 1 aromatic heterocycles. The number of aryl methyl sites for hydroxylation is 1. The fraction of sp³-hybridized carbons (Fsp3) is 0.409. The Kier molecular flexibility index (Phi) is 6.79. The lowest BCUT2D eigenvalue weighted by Crippen LogP contribution is -2.53. The van der Waals surface area contributed by atoms with Crippen LogP contribution < -0.4 is 5.32 Å². The highest BCUT2D eigenvalue weighted by Crippen LogP contribution is 2.50. The summed E-state index contributed by atoms with van der Waals surface area (Å²) in [5.74, 6) is 4.03. The van der Waals surface area contributed by atoms with Gasteiger partial charge < -0.3 is 10.4 Å². The first-order chi connectivity index (χ1) is 15.5. The highest BCUT2D eigenvalue weighted by molar-refractivity contribution is 8.00. The number of pyridine rings is 1. The van der Waals surface area contributed by atoms with E-state index in [9.17, 15) is 40.5 Å². The van der Waals surface area contributed by atoms with E-state index in [0.29, 0.717) is 40.1 Å². The van der Waals surface area contributed by atoms with Gasteiger partial charge in [-0.25, -0.2) is 4.98 Å². The van der Waals surface area contributed by atoms with Crippen molar-refractivity contribution < 1.29 is 40.5 Å². The van der Waals surface area contributed by atoms with Crippen molar-refractivity contribution in [1.29, 1.82) is 0 Å². The molecule has 0 saturated heterocycles. The van der Waals surface area contributed by atoms with E-state index in [1.54, 1.807) is 13.0 Å². The summed E-state index contributed by atoms with van der Waals surface area (Å²) in [5, 5.41) is 12.1. The molecule has 1 atom stereocenters. The summed E-state index contributed by atoms with van der Waals surface area (Å²) in [7, 11) is -2.54. The number of nitrogens with zero attached hydrogens (tertiary/aromatic N) is 1. The zero-order chi connectivity index (χ0) is 25.5. The van der Waals surface area contributed by atoms with E-state index >= 15 is 0 Å². The molecule has 2 aromatic rings. The van der Waals surface area contributed by atoms with E-state index in [-0.39, 0.29) is 12.1 Å². The number of carbonyl (C=O) groups is 1. The van der Waals surface area contributed by atoms with E-state index in [1.807, 2.05) is 0 Å². The predicted octanol–water partition coefficient (Wildman–Crippen LogP) is 4.37. The van der Waals surface area contributed by atoms with Gasteiger partial charge in [0.1, 0.15) is 5.03 Å². The first-order valence-corrected chi connectivity index (χ1v) is 12.0. The van der Waals surface area contributed by atoms with Crippen LogP contribution in [0.25, 0.3) is 0 Å². The summed E-state index contributed by atoms with van der Waals surface area (Å²) in [4.78, 5) is 16.7. The fourth-order valence-corrected chi connectivity index (χ4v) is 5.26. The van der Waals surface area contributed by atoms with Gasteiger partial charge in [0.25, 0.3) is 5.60 Å². The first-order valence-electron chi connectivity index (χ1n) is 10.1. The molecule has 1 amide bonds. The molecule has 1 aliphatic carbocycles. The number of carbonyl (C=O) groups excluding carboxylic acids is 1. The van der Waals surface area contributed by atoms with Crippen molar-refractivity contribution in [1.82, 2.24) is 4.98 Å². The largest absolute Gasteiger partial charge is 0.430 e. The van der Waals surface area contributed by atoms with Gasteiger partial charge in [-0.1, -0.05) is 18.2 Å². The second-order valence-electron chi connectivity index (χ2n) is 8.32. The minimum Gasteiger partial charge on any atom is -0.369 e. The molecule has 1 fully saturated rings. The standard InChI is InChI=1S/C22H22F6N2O3S/c1-13-15(5-10-19(29-13)34(2,33)12-14-3-4-14)11-18(31)30-17-8-6-16(7-9-17)20(32,21(23,24)25)22(26,27)28/h5-10,14,32H,2-4,11-12H2,1H3,(H,30,31). The van der Waals surface area contributed by atoms with Gasteiger partial charge in [-0.3, -0.25) is 9.00 Å². The number of benzene rings is 1. The lowest BCUT2D eigenvalue weighted by Gasteiger charge is -2.32. The van der Waals surface area contributed by atoms with Crippen LogP contribution in [0.15, 0.2) is 41.4 Å². The molecule has 1 aliphatic rings. The Bertz CT molecular complexity index is 1160. The Morgan fingerprint density at radius 2 is 1.65 bits per heavy atom. The van der Waals surface area contributed by atoms with E-state index in [2.05, 4.69) is 16.2 Å². The molecule has 34 heavy (non-hydrogen) atoms. The van der Waals surface area contributed by atoms with Crippen LogP contribution in [0.2, 0.25) is 0 Å². The Morgan fingerprint density at radius 3 is 2.12 bits per heavy atom. The number of aliphatic hydroxyl groups is 1. The second kappa shape index (κ2) is 8.88. The van der Waals surface area contributed by atoms with Gasteiger partial charge in [0.2, 0.25) is 5.91 Å². The van der Waals surface area contributed by atoms with E-state index < -0.39 is 38.9 Å². The molecule has 186 valence electrons. The maximum absolute atomic E-state index is 13.0. The summed E-state index contributed by atoms with van der Waals surface area (Å²) < 4.78 is 90.6. The lowest BCUT2D eigenvalue weighted by molar-refractivity contribution is -0.376. The van der Waals surface area contributed by atoms with Gasteiger partial charge >= 0.3 is 12.4 Å². The average Bonchev–Trinajstić information content (AvgIpc) is 3.51. The van der Waals surface area contributed by atoms with Crippen molar-refractivity contribution in [2.45, 2.75) is 49.2 Å². The zero-order valence-corrected chi connectivity index (χ0v) is 18.8. The summed E-state index contributed by atoms with van der Waals surface area (Å²) in [6, 6.07) is 5.69. The number of halogens is 6. The van der Waals surface area contributed by atoms with Crippen LogP contribution in [0.1, 0.15) is 29.7 Å². The van der Waals surface area contributed by atoms with Crippen LogP contribution in [0, 0.1) is 12.8 Å². The third kappa shape index (κ3) is 5.38. The molecule has 1 unspecified atom stereocenters. The number of hydrogen-bond acceptors (Lipinski definition) is 4. The van der Waals surface area contributed by atoms with Gasteiger partial charge in [0, 0.05) is 32.2 Å². The number of alkyl halides is 6. The van der Waals surface area contributed by atoms with Crippen molar-refractivity contribution in [3.05, 3.63) is 53.2 Å². The molecular formula is C22H22F6N2O3S. The summed E-state index contributed by atoms with van der Waals surface area (Å²) in [6.07, 6.45) is -10.2. The van der Waals surface area contributed by atoms with Crippen molar-refractivity contribution in [2.75, 3.05) is 11.1 Å². The monoisotopic (exact) mass is 508 g/mol. The van der Waals surface area contributed by atoms with Crippen LogP contribution in [0.5, 0.6) is 0 Å². The topological polar surface area (TPSA) is 79.3 Å². The maximum Gasteiger partial charge on any atom is 0.430 e. The smallest absolute Gasteiger partial charge is 0.369 e. The Morgan fingerprint density at radius 1 is 1.09 bits per heavy atom. The highest BCUT2D eigenvalue weighted by atomic mass is 32.2. The van der Waals surface area contributed by atoms with Gasteiger partial charge in [-0.2, -0.15) is 26.3 Å². The molecule has 0 aliphatic heterocycles. The Labute approximate surface area is 192 Å². The van der Waals surface area contributed by atoms with Crippen LogP contribution in [0.4, 0.5) is 32.0 Å². The number of hydrogen-bond donors (Lipinski definition) is 2. The molecule has 1 saturated carbocycles. The third-order valence-electron chi connectivity index (χ3n) is 5.51. The van der Waals surface area contributed by atoms with Crippen molar-refractivity contribution in [2.24, 2.45) is 5.92 Å². The molecule has 1 aromatic carbocycles. The molecule has 0 radical (unpaired) electrons. The van der Waals surface area contributed by atoms with Gasteiger partial charge in [0.05, 0.1) is 6.42 Å². The normalized spacial score (nSPS) is 16.7. The lowest BCUT2D eigenvalue weighted by atomic mass is 9.92. The first kappa shape index (κ1) is 26.0. The number of amides is 1. The number of rotatable bonds is 7. The van der Waals surface area contributed by atoms with Crippen LogP contribution in [0.3, 0.4) is 0 Å². The summed E-state index contributed by atoms with van der Waals surface area (Å²) in [6.45, 7) is 1.63. The third-order valence-corrected chi connectivity index (χ3v) is 7.51. The molecule has 12 heteroatoms. The maximum atomic E-state index is 13.0. The molecule has 0 spiro atoms. The molecule has 2 N–H and O–H groups in total. The fourth-order valence-electron chi connectivity index (χ4n) is 3.37. The highest BCUT2D eigenvalue weighted by Gasteiger charge is 2.71. The minimum atomic E-state index is -6.00. The van der Waals surface area contributed by atoms with Crippen molar-refractivity contribution >= 4 is 27.0 Å². The van der Waals surface area contributed by atoms with E-state index in [0.717, 1.165) is 25.0 Å². The zero-order valence-electron chi connectivity index (χ0n) is 18.0. The molecular weight excluding hydrogens is 486 g/mol. The number of anilines is 1. The molecule has 1 heterocycles. The van der Waals surface area contributed by atoms with Crippen molar-refractivity contribution in [3.8, 4) is 0 Å². The summed E-state index contributed by atoms with van der Waals surface area (Å²) in [5.41, 5.74) is -5.57. The SMILES string of the molecule is C=S(=O)(CC1CC1)c1ccc(CC(=O)Nc2ccc(C(O)(C(F)(F)F)C(F)(F)F)cc2)c(C)n1. The van der Waals surface area contributed by atoms with E-state index in [4.69, 9.17) is 0 Å². The van der Waals surface area contributed by atoms with E-state index in [1.165, 1.54) is 6.07 Å². The predicted molar refractivity (Wildman–Crippen MR) is 115 cm³/mol. The Balaban J connectivity index is 1.71. The van der Waals surface area contributed by atoms with Gasteiger partial charge in [-0.15, -0.1) is 0 Å². The summed E-state index contributed by atoms with van der Waals surface area (Å²) >= 11 is 0. The second-order valence-corrected chi connectivity index (χ2v) is 10.7. The van der Waals surface area contributed by atoms with Crippen LogP contribution in [-0.4, -0.2) is 44.2 Å². The van der Waals surface area contributed by atoms with Crippen LogP contribution >= 0.6 is 0 Å². The quantitative estimate of drug-likeness (QED) is 0.430. The van der Waals surface area contributed by atoms with Crippen molar-refractivity contribution in [3.63, 3.8) is 0 Å². The Hall–Kier alpha value is -2.60. The molecule has 5 nitrogen and oxygen atoms in total. The number of aromatic nitrogens is 1. The van der Waals surface area contributed by atoms with Gasteiger partial charge in [-0.05, 0) is 55.3 Å². The van der Waals surface area contributed by atoms with Gasteiger partial charge in [0.15, 0.2) is 0 Å². The van der Waals surface area contributed by atoms with Crippen LogP contribution in [-0.2, 0) is 26.3 Å². The molecule has 0 bridgehead atoms. The average molecular weight is 508 g/mol. The molecule has 3 rings (SSSR count). The minimum absolute atomic E-state index is 0.0621.